The zero-order valence-electron chi connectivity index (χ0n) is 21.8. The van der Waals surface area contributed by atoms with E-state index in [0.29, 0.717) is 35.5 Å². The molecule has 3 aromatic carbocycles. The summed E-state index contributed by atoms with van der Waals surface area (Å²) < 4.78 is 15.7. The number of amidine groups is 1. The zero-order chi connectivity index (χ0) is 28.2. The van der Waals surface area contributed by atoms with E-state index in [-0.39, 0.29) is 22.5 Å². The van der Waals surface area contributed by atoms with Gasteiger partial charge in [-0.05, 0) is 29.3 Å². The molecular formula is C30H28FN7O2. The molecule has 5 aromatic rings. The van der Waals surface area contributed by atoms with Crippen LogP contribution in [-0.4, -0.2) is 39.0 Å². The molecule has 9 nitrogen and oxygen atoms in total. The highest BCUT2D eigenvalue weighted by molar-refractivity contribution is 6.07. The number of hydrogen-bond acceptors (Lipinski definition) is 6. The van der Waals surface area contributed by atoms with Gasteiger partial charge in [0.15, 0.2) is 11.7 Å². The number of hydrazine groups is 1. The van der Waals surface area contributed by atoms with Crippen molar-refractivity contribution in [1.29, 1.82) is 0 Å². The standard InChI is InChI=1S/C30H28FN7O2/c1-37(33)36-28(32)22-14-8-13-21(26(22)31)25-15-23-24(30(39)40)16-34-29(27(23)35-25)38(17-19-9-4-2-5-10-19)18-20-11-6-3-7-12-20/h2-16,35H,17-18,33H2,1H3,(H2,32,36)(H,39,40). The van der Waals surface area contributed by atoms with Crippen LogP contribution in [0.5, 0.6) is 0 Å². The van der Waals surface area contributed by atoms with Crippen LogP contribution < -0.4 is 16.5 Å². The van der Waals surface area contributed by atoms with Crippen molar-refractivity contribution in [3.8, 4) is 11.3 Å². The third-order valence-electron chi connectivity index (χ3n) is 6.44. The van der Waals surface area contributed by atoms with Gasteiger partial charge in [-0.25, -0.2) is 25.1 Å². The van der Waals surface area contributed by atoms with Crippen molar-refractivity contribution in [3.63, 3.8) is 0 Å². The Morgan fingerprint density at radius 2 is 1.60 bits per heavy atom. The maximum absolute atomic E-state index is 15.7. The van der Waals surface area contributed by atoms with E-state index in [4.69, 9.17) is 11.6 Å². The van der Waals surface area contributed by atoms with E-state index in [2.05, 4.69) is 20.0 Å². The Labute approximate surface area is 230 Å². The van der Waals surface area contributed by atoms with Crippen LogP contribution in [-0.2, 0) is 13.1 Å². The number of aromatic amines is 1. The first-order chi connectivity index (χ1) is 19.3. The summed E-state index contributed by atoms with van der Waals surface area (Å²) in [6, 6.07) is 26.2. The molecule has 0 saturated carbocycles. The third-order valence-corrected chi connectivity index (χ3v) is 6.44. The Hall–Kier alpha value is -5.22. The fraction of sp³-hybridized carbons (Fsp3) is 0.100. The molecule has 0 aliphatic rings. The van der Waals surface area contributed by atoms with Crippen LogP contribution in [0.4, 0.5) is 10.2 Å². The Morgan fingerprint density at radius 3 is 2.17 bits per heavy atom. The molecule has 0 aliphatic carbocycles. The highest BCUT2D eigenvalue weighted by atomic mass is 19.1. The molecule has 0 unspecified atom stereocenters. The summed E-state index contributed by atoms with van der Waals surface area (Å²) in [5.74, 6) is 4.25. The van der Waals surface area contributed by atoms with Gasteiger partial charge in [0.25, 0.3) is 0 Å². The van der Waals surface area contributed by atoms with Crippen molar-refractivity contribution in [2.24, 2.45) is 16.7 Å². The van der Waals surface area contributed by atoms with E-state index in [9.17, 15) is 9.90 Å². The first kappa shape index (κ1) is 26.4. The summed E-state index contributed by atoms with van der Waals surface area (Å²) in [5.41, 5.74) is 9.22. The second-order valence-corrected chi connectivity index (χ2v) is 9.33. The molecular weight excluding hydrogens is 509 g/mol. The Kier molecular flexibility index (Phi) is 7.43. The van der Waals surface area contributed by atoms with E-state index in [1.165, 1.54) is 19.3 Å². The van der Waals surface area contributed by atoms with Crippen LogP contribution in [0, 0.1) is 5.82 Å². The molecule has 0 atom stereocenters. The molecule has 5 rings (SSSR count). The topological polar surface area (TPSA) is 137 Å². The maximum Gasteiger partial charge on any atom is 0.337 e. The number of carboxylic acid groups (broad SMARTS) is 1. The van der Waals surface area contributed by atoms with Crippen molar-refractivity contribution >= 4 is 28.5 Å². The molecule has 6 N–H and O–H groups in total. The number of pyridine rings is 1. The fourth-order valence-corrected chi connectivity index (χ4v) is 4.63. The van der Waals surface area contributed by atoms with Gasteiger partial charge in [-0.3, -0.25) is 0 Å². The Balaban J connectivity index is 1.67. The van der Waals surface area contributed by atoms with Gasteiger partial charge in [-0.15, -0.1) is 5.10 Å². The van der Waals surface area contributed by atoms with E-state index in [0.717, 1.165) is 16.2 Å². The van der Waals surface area contributed by atoms with Crippen LogP contribution in [0.1, 0.15) is 27.0 Å². The van der Waals surface area contributed by atoms with E-state index in [1.54, 1.807) is 18.2 Å². The van der Waals surface area contributed by atoms with E-state index in [1.807, 2.05) is 60.7 Å². The van der Waals surface area contributed by atoms with Gasteiger partial charge in [-0.2, -0.15) is 0 Å². The molecule has 202 valence electrons. The minimum Gasteiger partial charge on any atom is -0.478 e. The van der Waals surface area contributed by atoms with Gasteiger partial charge in [0, 0.05) is 43.0 Å². The van der Waals surface area contributed by atoms with Gasteiger partial charge in [-0.1, -0.05) is 66.7 Å². The first-order valence-corrected chi connectivity index (χ1v) is 12.5. The highest BCUT2D eigenvalue weighted by Gasteiger charge is 2.22. The highest BCUT2D eigenvalue weighted by Crippen LogP contribution is 2.34. The lowest BCUT2D eigenvalue weighted by Gasteiger charge is -2.25. The lowest BCUT2D eigenvalue weighted by Crippen LogP contribution is -2.26. The number of aromatic carboxylic acids is 1. The number of anilines is 1. The Morgan fingerprint density at radius 1 is 0.975 bits per heavy atom. The second-order valence-electron chi connectivity index (χ2n) is 9.33. The van der Waals surface area contributed by atoms with Crippen molar-refractivity contribution in [2.75, 3.05) is 11.9 Å². The van der Waals surface area contributed by atoms with Crippen LogP contribution in [0.3, 0.4) is 0 Å². The molecule has 0 amide bonds. The third kappa shape index (κ3) is 5.47. The fourth-order valence-electron chi connectivity index (χ4n) is 4.63. The molecule has 0 fully saturated rings. The van der Waals surface area contributed by atoms with Crippen molar-refractivity contribution in [1.82, 2.24) is 15.1 Å². The van der Waals surface area contributed by atoms with Gasteiger partial charge in [0.1, 0.15) is 5.82 Å². The minimum absolute atomic E-state index is 0.00279. The summed E-state index contributed by atoms with van der Waals surface area (Å²) >= 11 is 0. The van der Waals surface area contributed by atoms with Crippen molar-refractivity contribution in [3.05, 3.63) is 119 Å². The first-order valence-electron chi connectivity index (χ1n) is 12.5. The number of hydrogen-bond donors (Lipinski definition) is 4. The lowest BCUT2D eigenvalue weighted by atomic mass is 10.1. The average Bonchev–Trinajstić information content (AvgIpc) is 3.38. The maximum atomic E-state index is 15.7. The second kappa shape index (κ2) is 11.3. The molecule has 0 saturated heterocycles. The van der Waals surface area contributed by atoms with Gasteiger partial charge in [0.05, 0.1) is 16.6 Å². The molecule has 0 aliphatic heterocycles. The summed E-state index contributed by atoms with van der Waals surface area (Å²) in [6.07, 6.45) is 1.34. The van der Waals surface area contributed by atoms with Gasteiger partial charge in [0.2, 0.25) is 0 Å². The average molecular weight is 538 g/mol. The number of carboxylic acids is 1. The number of nitrogens with two attached hydrogens (primary N) is 2. The smallest absolute Gasteiger partial charge is 0.337 e. The number of nitrogens with zero attached hydrogens (tertiary/aromatic N) is 4. The quantitative estimate of drug-likeness (QED) is 0.0926. The molecule has 0 bridgehead atoms. The largest absolute Gasteiger partial charge is 0.478 e. The van der Waals surface area contributed by atoms with Gasteiger partial charge < -0.3 is 20.7 Å². The number of aromatic nitrogens is 2. The lowest BCUT2D eigenvalue weighted by molar-refractivity contribution is 0.0698. The molecule has 0 radical (unpaired) electrons. The molecule has 2 heterocycles. The number of H-pyrrole nitrogens is 1. The minimum atomic E-state index is -1.14. The van der Waals surface area contributed by atoms with Crippen LogP contribution >= 0.6 is 0 Å². The van der Waals surface area contributed by atoms with Crippen molar-refractivity contribution in [2.45, 2.75) is 13.1 Å². The summed E-state index contributed by atoms with van der Waals surface area (Å²) in [4.78, 5) is 22.1. The normalized spacial score (nSPS) is 11.5. The van der Waals surface area contributed by atoms with E-state index >= 15 is 4.39 Å². The predicted molar refractivity (Wildman–Crippen MR) is 154 cm³/mol. The van der Waals surface area contributed by atoms with Crippen LogP contribution in [0.15, 0.2) is 96.2 Å². The zero-order valence-corrected chi connectivity index (χ0v) is 21.8. The summed E-state index contributed by atoms with van der Waals surface area (Å²) in [5, 5.41) is 15.2. The SMILES string of the molecule is CN(N)/N=C(\N)c1cccc(-c2cc3c(C(=O)O)cnc(N(Cc4ccccc4)Cc4ccccc4)c3[nH]2)c1F. The number of carbonyl (C=O) groups is 1. The summed E-state index contributed by atoms with van der Waals surface area (Å²) in [7, 11) is 1.48. The number of rotatable bonds is 9. The summed E-state index contributed by atoms with van der Waals surface area (Å²) in [6.45, 7) is 1.03. The Bertz CT molecular complexity index is 1640. The number of benzene rings is 3. The molecule has 0 spiro atoms. The van der Waals surface area contributed by atoms with E-state index < -0.39 is 11.8 Å². The number of halogens is 1. The van der Waals surface area contributed by atoms with Gasteiger partial charge >= 0.3 is 5.97 Å². The van der Waals surface area contributed by atoms with Crippen LogP contribution in [0.25, 0.3) is 22.2 Å². The number of hydrazone groups is 1. The molecule has 40 heavy (non-hydrogen) atoms. The molecule has 10 heteroatoms. The van der Waals surface area contributed by atoms with Crippen molar-refractivity contribution < 1.29 is 14.3 Å². The van der Waals surface area contributed by atoms with Crippen LogP contribution in [0.2, 0.25) is 0 Å². The monoisotopic (exact) mass is 537 g/mol. The number of fused-ring (bicyclic) bond motifs is 1. The predicted octanol–water partition coefficient (Wildman–Crippen LogP) is 4.70. The number of nitrogens with one attached hydrogen (secondary N) is 1. The molecule has 2 aromatic heterocycles.